The maximum atomic E-state index is 9.56. The Hall–Kier alpha value is -0.0400. The van der Waals surface area contributed by atoms with Gasteiger partial charge in [0.2, 0.25) is 0 Å². The van der Waals surface area contributed by atoms with E-state index in [2.05, 4.69) is 27.7 Å². The molecule has 1 aliphatic carbocycles. The molecule has 1 heteroatoms. The summed E-state index contributed by atoms with van der Waals surface area (Å²) < 4.78 is 0. The van der Waals surface area contributed by atoms with Gasteiger partial charge in [0.25, 0.3) is 0 Å². The highest BCUT2D eigenvalue weighted by molar-refractivity contribution is 4.89. The second-order valence-electron chi connectivity index (χ2n) is 5.27. The summed E-state index contributed by atoms with van der Waals surface area (Å²) in [6, 6.07) is 0. The molecule has 0 aliphatic heterocycles. The van der Waals surface area contributed by atoms with Crippen LogP contribution < -0.4 is 0 Å². The first-order valence-electron chi connectivity index (χ1n) is 5.13. The normalized spacial score (nSPS) is 37.2. The molecule has 0 amide bonds. The van der Waals surface area contributed by atoms with Gasteiger partial charge in [-0.25, -0.2) is 0 Å². The molecule has 12 heavy (non-hydrogen) atoms. The van der Waals surface area contributed by atoms with Crippen molar-refractivity contribution < 1.29 is 5.11 Å². The highest BCUT2D eigenvalue weighted by Gasteiger charge is 2.38. The van der Waals surface area contributed by atoms with Gasteiger partial charge in [0.15, 0.2) is 0 Å². The minimum atomic E-state index is -0.0285. The van der Waals surface area contributed by atoms with E-state index in [9.17, 15) is 5.11 Å². The van der Waals surface area contributed by atoms with Crippen molar-refractivity contribution in [2.24, 2.45) is 17.3 Å². The van der Waals surface area contributed by atoms with Crippen molar-refractivity contribution in [1.82, 2.24) is 0 Å². The van der Waals surface area contributed by atoms with Gasteiger partial charge < -0.3 is 5.11 Å². The maximum Gasteiger partial charge on any atom is 0.0546 e. The van der Waals surface area contributed by atoms with Crippen LogP contribution in [0.2, 0.25) is 0 Å². The Morgan fingerprint density at radius 1 is 1.25 bits per heavy atom. The summed E-state index contributed by atoms with van der Waals surface area (Å²) in [7, 11) is 0. The first kappa shape index (κ1) is 10.0. The van der Waals surface area contributed by atoms with E-state index < -0.39 is 0 Å². The van der Waals surface area contributed by atoms with Crippen LogP contribution in [0.5, 0.6) is 0 Å². The molecule has 1 nitrogen and oxygen atoms in total. The molecule has 1 N–H and O–H groups in total. The number of aliphatic hydroxyl groups excluding tert-OH is 1. The van der Waals surface area contributed by atoms with Gasteiger partial charge in [0.1, 0.15) is 0 Å². The van der Waals surface area contributed by atoms with Crippen LogP contribution in [0.1, 0.15) is 47.0 Å². The van der Waals surface area contributed by atoms with Crippen LogP contribution >= 0.6 is 0 Å². The van der Waals surface area contributed by atoms with Crippen molar-refractivity contribution in [2.45, 2.75) is 53.1 Å². The van der Waals surface area contributed by atoms with E-state index in [1.165, 1.54) is 6.42 Å². The van der Waals surface area contributed by atoms with Crippen LogP contribution in [0.4, 0.5) is 0 Å². The highest BCUT2D eigenvalue weighted by Crippen LogP contribution is 2.44. The number of aliphatic hydroxyl groups is 1. The van der Waals surface area contributed by atoms with Crippen LogP contribution in [0.3, 0.4) is 0 Å². The standard InChI is InChI=1S/C11H22O/c1-5-8-6-9(12)7-10(8)11(2,3)4/h8-10,12H,5-7H2,1-4H3. The summed E-state index contributed by atoms with van der Waals surface area (Å²) >= 11 is 0. The van der Waals surface area contributed by atoms with Crippen LogP contribution in [0, 0.1) is 17.3 Å². The largest absolute Gasteiger partial charge is 0.393 e. The second-order valence-corrected chi connectivity index (χ2v) is 5.27. The van der Waals surface area contributed by atoms with Gasteiger partial charge in [-0.3, -0.25) is 0 Å². The molecule has 72 valence electrons. The molecule has 1 aliphatic rings. The fraction of sp³-hybridized carbons (Fsp3) is 1.00. The zero-order valence-electron chi connectivity index (χ0n) is 8.80. The van der Waals surface area contributed by atoms with Crippen molar-refractivity contribution in [3.8, 4) is 0 Å². The lowest BCUT2D eigenvalue weighted by Crippen LogP contribution is -2.23. The Morgan fingerprint density at radius 2 is 1.83 bits per heavy atom. The fourth-order valence-electron chi connectivity index (χ4n) is 2.61. The average Bonchev–Trinajstić information content (AvgIpc) is 2.29. The Kier molecular flexibility index (Phi) is 2.82. The zero-order chi connectivity index (χ0) is 9.35. The fourth-order valence-corrected chi connectivity index (χ4v) is 2.61. The third-order valence-electron chi connectivity index (χ3n) is 3.31. The molecule has 0 aromatic heterocycles. The van der Waals surface area contributed by atoms with E-state index in [0.717, 1.165) is 24.7 Å². The van der Waals surface area contributed by atoms with Gasteiger partial charge in [-0.05, 0) is 30.1 Å². The molecule has 1 rings (SSSR count). The van der Waals surface area contributed by atoms with E-state index in [1.807, 2.05) is 0 Å². The Bertz CT molecular complexity index is 146. The van der Waals surface area contributed by atoms with E-state index in [-0.39, 0.29) is 6.10 Å². The Labute approximate surface area is 76.2 Å². The predicted molar refractivity (Wildman–Crippen MR) is 52.0 cm³/mol. The monoisotopic (exact) mass is 170 g/mol. The van der Waals surface area contributed by atoms with Gasteiger partial charge in [-0.2, -0.15) is 0 Å². The van der Waals surface area contributed by atoms with Gasteiger partial charge in [0.05, 0.1) is 6.10 Å². The van der Waals surface area contributed by atoms with Crippen LogP contribution in [0.25, 0.3) is 0 Å². The minimum absolute atomic E-state index is 0.0285. The molecule has 1 saturated carbocycles. The quantitative estimate of drug-likeness (QED) is 0.641. The third-order valence-corrected chi connectivity index (χ3v) is 3.31. The first-order chi connectivity index (χ1) is 5.45. The maximum absolute atomic E-state index is 9.56. The smallest absolute Gasteiger partial charge is 0.0546 e. The van der Waals surface area contributed by atoms with Gasteiger partial charge >= 0.3 is 0 Å². The molecule has 3 unspecified atom stereocenters. The van der Waals surface area contributed by atoms with Gasteiger partial charge in [-0.1, -0.05) is 34.1 Å². The molecule has 0 aromatic carbocycles. The Balaban J connectivity index is 2.64. The highest BCUT2D eigenvalue weighted by atomic mass is 16.3. The van der Waals surface area contributed by atoms with Crippen molar-refractivity contribution in [3.05, 3.63) is 0 Å². The molecule has 0 radical (unpaired) electrons. The molecular weight excluding hydrogens is 148 g/mol. The van der Waals surface area contributed by atoms with Crippen molar-refractivity contribution in [1.29, 1.82) is 0 Å². The van der Waals surface area contributed by atoms with Crippen molar-refractivity contribution in [2.75, 3.05) is 0 Å². The molecule has 0 bridgehead atoms. The SMILES string of the molecule is CCC1CC(O)CC1C(C)(C)C. The van der Waals surface area contributed by atoms with E-state index in [0.29, 0.717) is 5.41 Å². The van der Waals surface area contributed by atoms with Crippen molar-refractivity contribution >= 4 is 0 Å². The van der Waals surface area contributed by atoms with E-state index in [1.54, 1.807) is 0 Å². The van der Waals surface area contributed by atoms with Gasteiger partial charge in [0, 0.05) is 0 Å². The molecule has 3 atom stereocenters. The summed E-state index contributed by atoms with van der Waals surface area (Å²) in [6.45, 7) is 9.11. The third kappa shape index (κ3) is 2.01. The van der Waals surface area contributed by atoms with E-state index >= 15 is 0 Å². The Morgan fingerprint density at radius 3 is 2.17 bits per heavy atom. The lowest BCUT2D eigenvalue weighted by molar-refractivity contribution is 0.153. The van der Waals surface area contributed by atoms with Crippen molar-refractivity contribution in [3.63, 3.8) is 0 Å². The summed E-state index contributed by atoms with van der Waals surface area (Å²) in [5.74, 6) is 1.47. The summed E-state index contributed by atoms with van der Waals surface area (Å²) in [5.41, 5.74) is 0.373. The average molecular weight is 170 g/mol. The van der Waals surface area contributed by atoms with Crippen LogP contribution in [-0.4, -0.2) is 11.2 Å². The summed E-state index contributed by atoms with van der Waals surface area (Å²) in [6.07, 6.45) is 3.23. The zero-order valence-corrected chi connectivity index (χ0v) is 8.80. The predicted octanol–water partition coefficient (Wildman–Crippen LogP) is 2.83. The topological polar surface area (TPSA) is 20.2 Å². The summed E-state index contributed by atoms with van der Waals surface area (Å²) in [4.78, 5) is 0. The molecule has 1 fully saturated rings. The summed E-state index contributed by atoms with van der Waals surface area (Å²) in [5, 5.41) is 9.56. The number of hydrogen-bond donors (Lipinski definition) is 1. The lowest BCUT2D eigenvalue weighted by Gasteiger charge is -2.31. The molecule has 0 spiro atoms. The second kappa shape index (κ2) is 3.37. The number of hydrogen-bond acceptors (Lipinski definition) is 1. The van der Waals surface area contributed by atoms with Crippen LogP contribution in [-0.2, 0) is 0 Å². The lowest BCUT2D eigenvalue weighted by atomic mass is 9.74. The van der Waals surface area contributed by atoms with Gasteiger partial charge in [-0.15, -0.1) is 0 Å². The molecule has 0 saturated heterocycles. The van der Waals surface area contributed by atoms with E-state index in [4.69, 9.17) is 0 Å². The molecular formula is C11H22O. The number of rotatable bonds is 1. The molecule has 0 aromatic rings. The minimum Gasteiger partial charge on any atom is -0.393 e. The van der Waals surface area contributed by atoms with Crippen LogP contribution in [0.15, 0.2) is 0 Å². The molecule has 0 heterocycles. The first-order valence-corrected chi connectivity index (χ1v) is 5.13.